The van der Waals surface area contributed by atoms with Crippen LogP contribution in [0.2, 0.25) is 0 Å². The van der Waals surface area contributed by atoms with E-state index in [0.717, 1.165) is 0 Å². The third-order valence-electron chi connectivity index (χ3n) is 1.11. The Bertz CT molecular complexity index is 171. The van der Waals surface area contributed by atoms with Gasteiger partial charge in [0, 0.05) is 6.42 Å². The first-order valence-corrected chi connectivity index (χ1v) is 3.48. The van der Waals surface area contributed by atoms with Crippen LogP contribution in [-0.4, -0.2) is 25.2 Å². The molecular formula is C6H10F3NO3. The van der Waals surface area contributed by atoms with Gasteiger partial charge in [0.05, 0.1) is 6.61 Å². The summed E-state index contributed by atoms with van der Waals surface area (Å²) in [5.74, 6) is 0. The third kappa shape index (κ3) is 8.93. The molecule has 0 saturated heterocycles. The normalized spacial score (nSPS) is 13.8. The maximum Gasteiger partial charge on any atom is 0.522 e. The summed E-state index contributed by atoms with van der Waals surface area (Å²) in [6, 6.07) is 0. The van der Waals surface area contributed by atoms with Crippen molar-refractivity contribution < 1.29 is 27.4 Å². The molecule has 1 unspecified atom stereocenters. The topological polar surface area (TPSA) is 61.6 Å². The van der Waals surface area contributed by atoms with Crippen molar-refractivity contribution in [2.24, 2.45) is 5.73 Å². The zero-order valence-corrected chi connectivity index (χ0v) is 6.93. The molecule has 13 heavy (non-hydrogen) atoms. The highest BCUT2D eigenvalue weighted by Gasteiger charge is 2.28. The van der Waals surface area contributed by atoms with Crippen LogP contribution >= 0.6 is 0 Å². The fraction of sp³-hybridized carbons (Fsp3) is 0.833. The predicted molar refractivity (Wildman–Crippen MR) is 36.8 cm³/mol. The van der Waals surface area contributed by atoms with Crippen molar-refractivity contribution in [3.05, 3.63) is 0 Å². The van der Waals surface area contributed by atoms with E-state index in [9.17, 15) is 18.0 Å². The van der Waals surface area contributed by atoms with Crippen LogP contribution < -0.4 is 5.73 Å². The number of carbonyl (C=O) groups excluding carboxylic acids is 1. The van der Waals surface area contributed by atoms with Crippen molar-refractivity contribution in [2.45, 2.75) is 25.8 Å². The molecule has 0 rings (SSSR count). The Balaban J connectivity index is 3.48. The Labute approximate surface area is 72.8 Å². The van der Waals surface area contributed by atoms with Crippen LogP contribution in [0.15, 0.2) is 0 Å². The maximum absolute atomic E-state index is 11.4. The van der Waals surface area contributed by atoms with E-state index >= 15 is 0 Å². The molecule has 78 valence electrons. The maximum atomic E-state index is 11.4. The largest absolute Gasteiger partial charge is 0.522 e. The number of nitrogens with two attached hydrogens (primary N) is 1. The van der Waals surface area contributed by atoms with Crippen LogP contribution in [0.5, 0.6) is 0 Å². The molecule has 1 atom stereocenters. The summed E-state index contributed by atoms with van der Waals surface area (Å²) >= 11 is 0. The smallest absolute Gasteiger partial charge is 0.447 e. The minimum atomic E-state index is -4.65. The van der Waals surface area contributed by atoms with Gasteiger partial charge in [-0.2, -0.15) is 0 Å². The number of amides is 1. The first-order chi connectivity index (χ1) is 5.81. The van der Waals surface area contributed by atoms with Gasteiger partial charge in [0.2, 0.25) is 0 Å². The second-order valence-corrected chi connectivity index (χ2v) is 2.33. The van der Waals surface area contributed by atoms with Gasteiger partial charge in [-0.25, -0.2) is 4.79 Å². The van der Waals surface area contributed by atoms with Gasteiger partial charge in [-0.1, -0.05) is 0 Å². The molecule has 0 aromatic heterocycles. The summed E-state index contributed by atoms with van der Waals surface area (Å²) in [5, 5.41) is 0. The fourth-order valence-corrected chi connectivity index (χ4v) is 0.598. The summed E-state index contributed by atoms with van der Waals surface area (Å²) in [6.07, 6.45) is -6.39. The number of carbonyl (C=O) groups is 1. The predicted octanol–water partition coefficient (Wildman–Crippen LogP) is 1.40. The molecule has 0 radical (unpaired) electrons. The van der Waals surface area contributed by atoms with Gasteiger partial charge in [-0.3, -0.25) is 4.74 Å². The lowest BCUT2D eigenvalue weighted by Crippen LogP contribution is -2.23. The average molecular weight is 201 g/mol. The van der Waals surface area contributed by atoms with Crippen LogP contribution in [0, 0.1) is 0 Å². The quantitative estimate of drug-likeness (QED) is 0.747. The number of alkyl halides is 3. The summed E-state index contributed by atoms with van der Waals surface area (Å²) in [7, 11) is 0. The minimum Gasteiger partial charge on any atom is -0.447 e. The van der Waals surface area contributed by atoms with Gasteiger partial charge >= 0.3 is 12.5 Å². The number of rotatable bonds is 4. The Morgan fingerprint density at radius 2 is 2.08 bits per heavy atom. The van der Waals surface area contributed by atoms with Crippen molar-refractivity contribution in [2.75, 3.05) is 6.61 Å². The van der Waals surface area contributed by atoms with Gasteiger partial charge in [-0.05, 0) is 6.92 Å². The van der Waals surface area contributed by atoms with E-state index in [4.69, 9.17) is 0 Å². The highest BCUT2D eigenvalue weighted by Crippen LogP contribution is 2.16. The van der Waals surface area contributed by atoms with E-state index in [1.54, 1.807) is 0 Å². The van der Waals surface area contributed by atoms with E-state index in [1.807, 2.05) is 0 Å². The summed E-state index contributed by atoms with van der Waals surface area (Å²) < 4.78 is 42.0. The van der Waals surface area contributed by atoms with E-state index in [2.05, 4.69) is 15.2 Å². The van der Waals surface area contributed by atoms with Crippen LogP contribution in [-0.2, 0) is 9.47 Å². The van der Waals surface area contributed by atoms with Gasteiger partial charge in [-0.15, -0.1) is 13.2 Å². The molecule has 0 heterocycles. The first-order valence-electron chi connectivity index (χ1n) is 3.48. The van der Waals surface area contributed by atoms with Crippen molar-refractivity contribution >= 4 is 6.09 Å². The molecule has 2 N–H and O–H groups in total. The minimum absolute atomic E-state index is 0.0531. The lowest BCUT2D eigenvalue weighted by Gasteiger charge is -2.12. The van der Waals surface area contributed by atoms with Gasteiger partial charge < -0.3 is 10.5 Å². The molecule has 0 spiro atoms. The number of hydrogen-bond acceptors (Lipinski definition) is 3. The molecular weight excluding hydrogens is 191 g/mol. The SMILES string of the molecule is CC(CCOC(F)(F)F)OC(N)=O. The molecule has 0 fully saturated rings. The average Bonchev–Trinajstić information content (AvgIpc) is 1.81. The van der Waals surface area contributed by atoms with Gasteiger partial charge in [0.25, 0.3) is 0 Å². The molecule has 0 aliphatic rings. The monoisotopic (exact) mass is 201 g/mol. The lowest BCUT2D eigenvalue weighted by atomic mass is 10.3. The van der Waals surface area contributed by atoms with Crippen molar-refractivity contribution in [3.63, 3.8) is 0 Å². The first kappa shape index (κ1) is 12.0. The van der Waals surface area contributed by atoms with Crippen LogP contribution in [0.25, 0.3) is 0 Å². The highest BCUT2D eigenvalue weighted by atomic mass is 19.4. The second kappa shape index (κ2) is 4.90. The molecule has 0 aromatic rings. The summed E-state index contributed by atoms with van der Waals surface area (Å²) in [4.78, 5) is 10.1. The van der Waals surface area contributed by atoms with Crippen LogP contribution in [0.3, 0.4) is 0 Å². The standard InChI is InChI=1S/C6H10F3NO3/c1-4(13-5(10)11)2-3-12-6(7,8)9/h4H,2-3H2,1H3,(H2,10,11). The number of primary amides is 1. The van der Waals surface area contributed by atoms with Gasteiger partial charge in [0.15, 0.2) is 0 Å². The molecule has 0 aromatic carbocycles. The summed E-state index contributed by atoms with van der Waals surface area (Å²) in [6.45, 7) is 0.864. The molecule has 4 nitrogen and oxygen atoms in total. The van der Waals surface area contributed by atoms with Gasteiger partial charge in [0.1, 0.15) is 6.10 Å². The van der Waals surface area contributed by atoms with Crippen molar-refractivity contribution in [1.82, 2.24) is 0 Å². The molecule has 0 aliphatic heterocycles. The Kier molecular flexibility index (Phi) is 4.53. The van der Waals surface area contributed by atoms with Crippen LogP contribution in [0.1, 0.15) is 13.3 Å². The van der Waals surface area contributed by atoms with E-state index in [0.29, 0.717) is 0 Å². The number of ether oxygens (including phenoxy) is 2. The van der Waals surface area contributed by atoms with E-state index in [-0.39, 0.29) is 6.42 Å². The fourth-order valence-electron chi connectivity index (χ4n) is 0.598. The Morgan fingerprint density at radius 3 is 2.46 bits per heavy atom. The zero-order chi connectivity index (χ0) is 10.5. The number of hydrogen-bond donors (Lipinski definition) is 1. The van der Waals surface area contributed by atoms with Crippen molar-refractivity contribution in [1.29, 1.82) is 0 Å². The van der Waals surface area contributed by atoms with Crippen molar-refractivity contribution in [3.8, 4) is 0 Å². The molecule has 7 heteroatoms. The molecule has 0 aliphatic carbocycles. The third-order valence-corrected chi connectivity index (χ3v) is 1.11. The highest BCUT2D eigenvalue weighted by molar-refractivity contribution is 5.64. The molecule has 1 amide bonds. The van der Waals surface area contributed by atoms with E-state index < -0.39 is 25.2 Å². The Hall–Kier alpha value is -0.980. The zero-order valence-electron chi connectivity index (χ0n) is 6.93. The van der Waals surface area contributed by atoms with Crippen LogP contribution in [0.4, 0.5) is 18.0 Å². The summed E-state index contributed by atoms with van der Waals surface area (Å²) in [5.41, 5.74) is 4.63. The lowest BCUT2D eigenvalue weighted by molar-refractivity contribution is -0.325. The molecule has 0 saturated carbocycles. The van der Waals surface area contributed by atoms with E-state index in [1.165, 1.54) is 6.92 Å². The molecule has 0 bridgehead atoms. The Morgan fingerprint density at radius 1 is 1.54 bits per heavy atom. The second-order valence-electron chi connectivity index (χ2n) is 2.33. The number of halogens is 3.